The summed E-state index contributed by atoms with van der Waals surface area (Å²) in [4.78, 5) is 0. The molecule has 16 heavy (non-hydrogen) atoms. The molecule has 2 nitrogen and oxygen atoms in total. The molecule has 1 heterocycles. The van der Waals surface area contributed by atoms with E-state index in [0.717, 1.165) is 13.1 Å². The van der Waals surface area contributed by atoms with E-state index in [1.165, 1.54) is 6.07 Å². The monoisotopic (exact) mass is 307 g/mol. The summed E-state index contributed by atoms with van der Waals surface area (Å²) in [6.07, 6.45) is -5.64. The van der Waals surface area contributed by atoms with Gasteiger partial charge in [-0.15, -0.1) is 0 Å². The molecule has 0 aromatic carbocycles. The summed E-state index contributed by atoms with van der Waals surface area (Å²) in [5, 5.41) is 1.89. The van der Waals surface area contributed by atoms with E-state index in [2.05, 4.69) is 15.9 Å². The summed E-state index contributed by atoms with van der Waals surface area (Å²) >= 11 is 2.83. The van der Waals surface area contributed by atoms with Crippen molar-refractivity contribution in [1.82, 2.24) is 5.32 Å². The minimum Gasteiger partial charge on any atom is -0.452 e. The van der Waals surface area contributed by atoms with E-state index in [1.54, 1.807) is 0 Å². The molecule has 0 aliphatic rings. The second-order valence-corrected chi connectivity index (χ2v) is 3.77. The van der Waals surface area contributed by atoms with Crippen molar-refractivity contribution in [1.29, 1.82) is 0 Å². The molecule has 0 aliphatic heterocycles. The maximum atomic E-state index is 13.0. The van der Waals surface area contributed by atoms with Crippen molar-refractivity contribution in [3.63, 3.8) is 0 Å². The van der Waals surface area contributed by atoms with Gasteiger partial charge >= 0.3 is 12.1 Å². The van der Waals surface area contributed by atoms with Gasteiger partial charge in [0.1, 0.15) is 11.8 Å². The van der Waals surface area contributed by atoms with Crippen molar-refractivity contribution in [3.05, 3.63) is 22.6 Å². The fourth-order valence-electron chi connectivity index (χ4n) is 1.15. The predicted octanol–water partition coefficient (Wildman–Crippen LogP) is 3.50. The number of hydrogen-bond acceptors (Lipinski definition) is 2. The second-order valence-electron chi connectivity index (χ2n) is 2.98. The Morgan fingerprint density at radius 3 is 2.12 bits per heavy atom. The highest BCUT2D eigenvalue weighted by Crippen LogP contribution is 2.44. The average Bonchev–Trinajstić information content (AvgIpc) is 2.50. The highest BCUT2D eigenvalue weighted by Gasteiger charge is 2.63. The Morgan fingerprint density at radius 1 is 1.25 bits per heavy atom. The van der Waals surface area contributed by atoms with Crippen LogP contribution in [0.5, 0.6) is 0 Å². The topological polar surface area (TPSA) is 25.2 Å². The quantitative estimate of drug-likeness (QED) is 0.865. The SMILES string of the molecule is CNC(c1ccc(Br)o1)C(F)(F)C(F)(F)F. The van der Waals surface area contributed by atoms with Crippen molar-refractivity contribution < 1.29 is 26.4 Å². The third-order valence-corrected chi connectivity index (χ3v) is 2.33. The van der Waals surface area contributed by atoms with Gasteiger partial charge in [0.25, 0.3) is 0 Å². The van der Waals surface area contributed by atoms with Crippen molar-refractivity contribution in [3.8, 4) is 0 Å². The Labute approximate surface area is 95.9 Å². The lowest BCUT2D eigenvalue weighted by molar-refractivity contribution is -0.295. The van der Waals surface area contributed by atoms with Crippen LogP contribution in [-0.2, 0) is 0 Å². The van der Waals surface area contributed by atoms with Crippen LogP contribution in [-0.4, -0.2) is 19.1 Å². The lowest BCUT2D eigenvalue weighted by atomic mass is 10.1. The molecule has 1 rings (SSSR count). The molecule has 1 aromatic heterocycles. The molecule has 92 valence electrons. The lowest BCUT2D eigenvalue weighted by Crippen LogP contribution is -2.46. The molecule has 0 radical (unpaired) electrons. The fraction of sp³-hybridized carbons (Fsp3) is 0.500. The van der Waals surface area contributed by atoms with Gasteiger partial charge in [0.05, 0.1) is 0 Å². The average molecular weight is 308 g/mol. The molecule has 0 fully saturated rings. The van der Waals surface area contributed by atoms with Crippen molar-refractivity contribution in [2.75, 3.05) is 7.05 Å². The predicted molar refractivity (Wildman–Crippen MR) is 49.2 cm³/mol. The summed E-state index contributed by atoms with van der Waals surface area (Å²) in [5.74, 6) is -5.39. The molecular formula is C8H7BrF5NO. The van der Waals surface area contributed by atoms with E-state index >= 15 is 0 Å². The third kappa shape index (κ3) is 2.37. The summed E-state index contributed by atoms with van der Waals surface area (Å²) in [5.41, 5.74) is 0. The molecular weight excluding hydrogens is 301 g/mol. The van der Waals surface area contributed by atoms with Gasteiger partial charge in [0.15, 0.2) is 4.67 Å². The molecule has 1 N–H and O–H groups in total. The van der Waals surface area contributed by atoms with Crippen LogP contribution in [0.3, 0.4) is 0 Å². The third-order valence-electron chi connectivity index (χ3n) is 1.91. The number of furan rings is 1. The summed E-state index contributed by atoms with van der Waals surface area (Å²) in [6.45, 7) is 0. The van der Waals surface area contributed by atoms with E-state index < -0.39 is 23.9 Å². The maximum absolute atomic E-state index is 13.0. The Morgan fingerprint density at radius 2 is 1.81 bits per heavy atom. The van der Waals surface area contributed by atoms with Gasteiger partial charge < -0.3 is 9.73 Å². The van der Waals surface area contributed by atoms with Crippen LogP contribution < -0.4 is 5.32 Å². The summed E-state index contributed by atoms with van der Waals surface area (Å²) < 4.78 is 67.2. The van der Waals surface area contributed by atoms with Gasteiger partial charge in [0.2, 0.25) is 0 Å². The number of nitrogens with one attached hydrogen (secondary N) is 1. The zero-order valence-electron chi connectivity index (χ0n) is 7.91. The first-order valence-electron chi connectivity index (χ1n) is 4.07. The molecule has 0 bridgehead atoms. The first kappa shape index (κ1) is 13.4. The molecule has 1 aromatic rings. The van der Waals surface area contributed by atoms with Gasteiger partial charge in [-0.3, -0.25) is 0 Å². The van der Waals surface area contributed by atoms with Gasteiger partial charge in [0, 0.05) is 0 Å². The second kappa shape index (κ2) is 4.33. The van der Waals surface area contributed by atoms with E-state index in [1.807, 2.05) is 5.32 Å². The highest BCUT2D eigenvalue weighted by atomic mass is 79.9. The maximum Gasteiger partial charge on any atom is 0.455 e. The van der Waals surface area contributed by atoms with Crippen LogP contribution in [0.15, 0.2) is 21.2 Å². The normalized spacial score (nSPS) is 15.2. The standard InChI is InChI=1S/C8H7BrF5NO/c1-15-6(4-2-3-5(9)16-4)7(10,11)8(12,13)14/h2-3,6,15H,1H3. The molecule has 0 saturated heterocycles. The van der Waals surface area contributed by atoms with Gasteiger partial charge in [-0.1, -0.05) is 0 Å². The van der Waals surface area contributed by atoms with E-state index in [9.17, 15) is 22.0 Å². The van der Waals surface area contributed by atoms with E-state index in [-0.39, 0.29) is 4.67 Å². The van der Waals surface area contributed by atoms with Crippen LogP contribution in [0.25, 0.3) is 0 Å². The van der Waals surface area contributed by atoms with Crippen molar-refractivity contribution in [2.45, 2.75) is 18.1 Å². The fourth-order valence-corrected chi connectivity index (χ4v) is 1.47. The van der Waals surface area contributed by atoms with Crippen molar-refractivity contribution >= 4 is 15.9 Å². The van der Waals surface area contributed by atoms with E-state index in [4.69, 9.17) is 4.42 Å². The smallest absolute Gasteiger partial charge is 0.452 e. The molecule has 0 saturated carbocycles. The first-order chi connectivity index (χ1) is 7.20. The van der Waals surface area contributed by atoms with Gasteiger partial charge in [-0.25, -0.2) is 0 Å². The minimum absolute atomic E-state index is 0.0840. The van der Waals surface area contributed by atoms with Crippen molar-refractivity contribution in [2.24, 2.45) is 0 Å². The first-order valence-corrected chi connectivity index (χ1v) is 4.86. The number of halogens is 6. The number of hydrogen-bond donors (Lipinski definition) is 1. The highest BCUT2D eigenvalue weighted by molar-refractivity contribution is 9.10. The minimum atomic E-state index is -5.64. The lowest BCUT2D eigenvalue weighted by Gasteiger charge is -2.26. The Balaban J connectivity index is 3.08. The molecule has 1 atom stereocenters. The van der Waals surface area contributed by atoms with Gasteiger partial charge in [-0.2, -0.15) is 22.0 Å². The zero-order valence-corrected chi connectivity index (χ0v) is 9.49. The Hall–Kier alpha value is -0.630. The number of rotatable bonds is 3. The van der Waals surface area contributed by atoms with Crippen LogP contribution in [0.1, 0.15) is 11.8 Å². The zero-order chi connectivity index (χ0) is 12.6. The van der Waals surface area contributed by atoms with Crippen LogP contribution in [0, 0.1) is 0 Å². The van der Waals surface area contributed by atoms with Gasteiger partial charge in [-0.05, 0) is 35.1 Å². The Kier molecular flexibility index (Phi) is 3.63. The van der Waals surface area contributed by atoms with Crippen LogP contribution >= 0.6 is 15.9 Å². The molecule has 0 amide bonds. The molecule has 1 unspecified atom stereocenters. The molecule has 8 heteroatoms. The Bertz CT molecular complexity index is 362. The largest absolute Gasteiger partial charge is 0.455 e. The number of alkyl halides is 5. The molecule has 0 aliphatic carbocycles. The van der Waals surface area contributed by atoms with Crippen LogP contribution in [0.2, 0.25) is 0 Å². The molecule has 0 spiro atoms. The van der Waals surface area contributed by atoms with E-state index in [0.29, 0.717) is 0 Å². The summed E-state index contributed by atoms with van der Waals surface area (Å²) in [7, 11) is 1.00. The summed E-state index contributed by atoms with van der Waals surface area (Å²) in [6, 6.07) is 0.0376. The van der Waals surface area contributed by atoms with Crippen LogP contribution in [0.4, 0.5) is 22.0 Å².